The van der Waals surface area contributed by atoms with Crippen molar-refractivity contribution in [3.8, 4) is 23.0 Å². The van der Waals surface area contributed by atoms with Crippen LogP contribution in [0, 0.1) is 5.82 Å². The maximum Gasteiger partial charge on any atom is 0.415 e. The summed E-state index contributed by atoms with van der Waals surface area (Å²) >= 11 is 0. The molecule has 6 aliphatic heterocycles. The van der Waals surface area contributed by atoms with E-state index in [2.05, 4.69) is 10.2 Å². The molecular formula is C43H51F2N7O6. The fourth-order valence-corrected chi connectivity index (χ4v) is 9.93. The number of piperidine rings is 2. The fraction of sp³-hybridized carbons (Fsp3) is 0.558. The van der Waals surface area contributed by atoms with E-state index in [4.69, 9.17) is 33.9 Å². The number of carbonyl (C=O) groups is 2. The lowest BCUT2D eigenvalue weighted by Crippen LogP contribution is -2.57. The summed E-state index contributed by atoms with van der Waals surface area (Å²) in [4.78, 5) is 46.9. The lowest BCUT2D eigenvalue weighted by Gasteiger charge is -2.41. The van der Waals surface area contributed by atoms with Crippen molar-refractivity contribution in [3.63, 3.8) is 0 Å². The Labute approximate surface area is 336 Å². The highest BCUT2D eigenvalue weighted by atomic mass is 19.1. The molecule has 0 unspecified atom stereocenters. The van der Waals surface area contributed by atoms with E-state index >= 15 is 4.39 Å². The molecule has 6 aliphatic rings. The van der Waals surface area contributed by atoms with Gasteiger partial charge in [-0.3, -0.25) is 9.88 Å². The van der Waals surface area contributed by atoms with Crippen molar-refractivity contribution < 1.29 is 37.3 Å². The minimum atomic E-state index is -0.938. The summed E-state index contributed by atoms with van der Waals surface area (Å²) in [5.41, 5.74) is 0.255. The molecule has 10 rings (SSSR count). The Bertz CT molecular complexity index is 2220. The number of alkyl halides is 1. The van der Waals surface area contributed by atoms with Crippen LogP contribution in [0.25, 0.3) is 32.9 Å². The van der Waals surface area contributed by atoms with Gasteiger partial charge < -0.3 is 34.1 Å². The number of benzene rings is 2. The van der Waals surface area contributed by atoms with Crippen molar-refractivity contribution in [2.24, 2.45) is 0 Å². The van der Waals surface area contributed by atoms with E-state index in [0.29, 0.717) is 94.6 Å². The minimum absolute atomic E-state index is 0.0130. The Balaban J connectivity index is 1.16. The number of pyridine rings is 1. The van der Waals surface area contributed by atoms with E-state index in [1.54, 1.807) is 23.2 Å². The summed E-state index contributed by atoms with van der Waals surface area (Å²) < 4.78 is 56.1. The number of rotatable bonds is 6. The summed E-state index contributed by atoms with van der Waals surface area (Å²) in [5, 5.41) is 4.94. The maximum absolute atomic E-state index is 17.6. The topological polar surface area (TPSA) is 131 Å². The Morgan fingerprint density at radius 3 is 2.78 bits per heavy atom. The predicted octanol–water partition coefficient (Wildman–Crippen LogP) is 6.97. The summed E-state index contributed by atoms with van der Waals surface area (Å²) in [5.74, 6) is 0.0155. The molecule has 4 saturated heterocycles. The van der Waals surface area contributed by atoms with Gasteiger partial charge in [0, 0.05) is 57.5 Å². The smallest absolute Gasteiger partial charge is 0.415 e. The first-order valence-corrected chi connectivity index (χ1v) is 20.8. The van der Waals surface area contributed by atoms with Crippen molar-refractivity contribution in [2.45, 2.75) is 95.0 Å². The molecule has 0 aliphatic carbocycles. The number of hydrogen-bond acceptors (Lipinski definition) is 11. The number of nitrogens with zero attached hydrogens (tertiary/aromatic N) is 6. The summed E-state index contributed by atoms with van der Waals surface area (Å²) in [6, 6.07) is 9.22. The highest BCUT2D eigenvalue weighted by molar-refractivity contribution is 6.02. The van der Waals surface area contributed by atoms with Gasteiger partial charge in [0.15, 0.2) is 5.82 Å². The van der Waals surface area contributed by atoms with Gasteiger partial charge in [0.25, 0.3) is 0 Å². The van der Waals surface area contributed by atoms with Gasteiger partial charge in [0.1, 0.15) is 35.6 Å². The van der Waals surface area contributed by atoms with E-state index in [0.717, 1.165) is 42.1 Å². The molecule has 3 atom stereocenters. The predicted molar refractivity (Wildman–Crippen MR) is 214 cm³/mol. The normalized spacial score (nSPS) is 25.5. The summed E-state index contributed by atoms with van der Waals surface area (Å²) in [6.07, 6.45) is 5.80. The average molecular weight is 800 g/mol. The third-order valence-electron chi connectivity index (χ3n) is 12.7. The molecule has 0 spiro atoms. The molecule has 4 aromatic rings. The number of alkyl carbamates (subject to hydrolysis) is 1. The Hall–Kier alpha value is -4.89. The summed E-state index contributed by atoms with van der Waals surface area (Å²) in [7, 11) is 0. The van der Waals surface area contributed by atoms with Crippen molar-refractivity contribution in [2.75, 3.05) is 64.0 Å². The monoisotopic (exact) mass is 799 g/mol. The number of nitrogens with one attached hydrogen (secondary N) is 1. The first kappa shape index (κ1) is 38.6. The third-order valence-corrected chi connectivity index (χ3v) is 12.7. The van der Waals surface area contributed by atoms with Crippen LogP contribution in [0.3, 0.4) is 0 Å². The second-order valence-electron chi connectivity index (χ2n) is 16.8. The zero-order valence-electron chi connectivity index (χ0n) is 33.2. The van der Waals surface area contributed by atoms with Crippen LogP contribution in [-0.2, 0) is 15.9 Å². The SMILES string of the molecule is CCOC1CCN(C(=O)Oc2cc3c4c(cccc4c2)CCCOC(=O)N[C@]2(C)CCCN(C2)c2nc(OC[C@@]45CCCN4C[C@H](F)C5)nc4c(F)c-3ncc24)CC1. The number of fused-ring (bicyclic) bond motifs is 7. The van der Waals surface area contributed by atoms with Crippen molar-refractivity contribution >= 4 is 39.7 Å². The second-order valence-corrected chi connectivity index (χ2v) is 16.8. The largest absolute Gasteiger partial charge is 0.461 e. The standard InChI is InChI=1S/C43H51F2N7O6/c1-3-55-30-11-17-50(18-12-30)41(54)58-31-20-28-9-4-8-27-10-5-19-56-40(53)49-42(2)13-6-15-51(25-42)38-33-23-46-36(32(21-31)34(27)28)35(45)37(33)47-39(48-38)57-26-43-14-7-16-52(43)24-29(44)22-43/h4,8-9,20-21,23,29-30H,3,5-7,10-19,22,24-26H2,1-2H3,(H,49,53)/t29-,42-,43+/m1/s1. The van der Waals surface area contributed by atoms with Crippen molar-refractivity contribution in [1.29, 1.82) is 0 Å². The molecular weight excluding hydrogens is 749 g/mol. The quantitative estimate of drug-likeness (QED) is 0.217. The molecule has 2 aromatic heterocycles. The van der Waals surface area contributed by atoms with Crippen LogP contribution < -0.4 is 19.7 Å². The Morgan fingerprint density at radius 2 is 1.93 bits per heavy atom. The van der Waals surface area contributed by atoms with Gasteiger partial charge in [-0.15, -0.1) is 0 Å². The van der Waals surface area contributed by atoms with E-state index in [1.807, 2.05) is 36.9 Å². The average Bonchev–Trinajstić information content (AvgIpc) is 3.74. The molecule has 58 heavy (non-hydrogen) atoms. The highest BCUT2D eigenvalue weighted by Gasteiger charge is 2.49. The van der Waals surface area contributed by atoms with Crippen molar-refractivity contribution in [1.82, 2.24) is 30.1 Å². The van der Waals surface area contributed by atoms with Crippen LogP contribution in [0.4, 0.5) is 24.2 Å². The number of likely N-dealkylation sites (tertiary alicyclic amines) is 1. The number of aromatic nitrogens is 3. The number of aryl methyl sites for hydroxylation is 1. The molecule has 13 nitrogen and oxygen atoms in total. The minimum Gasteiger partial charge on any atom is -0.461 e. The molecule has 15 heteroatoms. The summed E-state index contributed by atoms with van der Waals surface area (Å²) in [6.45, 7) is 8.06. The Kier molecular flexibility index (Phi) is 10.5. The molecule has 0 radical (unpaired) electrons. The maximum atomic E-state index is 17.6. The van der Waals surface area contributed by atoms with Crippen molar-refractivity contribution in [3.05, 3.63) is 47.9 Å². The number of ether oxygens (including phenoxy) is 4. The molecule has 2 aromatic carbocycles. The second kappa shape index (κ2) is 15.7. The molecule has 4 fully saturated rings. The van der Waals surface area contributed by atoms with E-state index in [9.17, 15) is 14.0 Å². The molecule has 0 saturated carbocycles. The molecule has 1 N–H and O–H groups in total. The first-order chi connectivity index (χ1) is 28.1. The van der Waals surface area contributed by atoms with Crippen LogP contribution in [-0.4, -0.2) is 119 Å². The van der Waals surface area contributed by atoms with Crippen LogP contribution in [0.5, 0.6) is 11.8 Å². The van der Waals surface area contributed by atoms with Crippen LogP contribution in [0.15, 0.2) is 36.5 Å². The van der Waals surface area contributed by atoms with Crippen LogP contribution >= 0.6 is 0 Å². The Morgan fingerprint density at radius 1 is 1.09 bits per heavy atom. The van der Waals surface area contributed by atoms with Gasteiger partial charge >= 0.3 is 18.2 Å². The van der Waals surface area contributed by atoms with E-state index in [-0.39, 0.29) is 42.3 Å². The zero-order chi connectivity index (χ0) is 40.0. The van der Waals surface area contributed by atoms with Gasteiger partial charge in [0.05, 0.1) is 29.2 Å². The number of anilines is 1. The fourth-order valence-electron chi connectivity index (χ4n) is 9.93. The lowest BCUT2D eigenvalue weighted by atomic mass is 9.91. The van der Waals surface area contributed by atoms with Gasteiger partial charge in [-0.25, -0.2) is 18.4 Å². The third kappa shape index (κ3) is 7.47. The number of hydrogen-bond donors (Lipinski definition) is 1. The molecule has 6 bridgehead atoms. The molecule has 8 heterocycles. The highest BCUT2D eigenvalue weighted by Crippen LogP contribution is 2.42. The van der Waals surface area contributed by atoms with Gasteiger partial charge in [0.2, 0.25) is 0 Å². The molecule has 2 amide bonds. The molecule has 308 valence electrons. The van der Waals surface area contributed by atoms with E-state index < -0.39 is 35.3 Å². The lowest BCUT2D eigenvalue weighted by molar-refractivity contribution is 0.0177. The van der Waals surface area contributed by atoms with Gasteiger partial charge in [-0.05, 0) is 100 Å². The van der Waals surface area contributed by atoms with E-state index in [1.165, 1.54) is 0 Å². The zero-order valence-corrected chi connectivity index (χ0v) is 33.2. The van der Waals surface area contributed by atoms with Gasteiger partial charge in [-0.2, -0.15) is 9.97 Å². The van der Waals surface area contributed by atoms with Crippen LogP contribution in [0.1, 0.15) is 70.8 Å². The van der Waals surface area contributed by atoms with Gasteiger partial charge in [-0.1, -0.05) is 18.2 Å². The number of carbonyl (C=O) groups excluding carboxylic acids is 2. The first-order valence-electron chi connectivity index (χ1n) is 20.8. The van der Waals surface area contributed by atoms with Crippen LogP contribution in [0.2, 0.25) is 0 Å². The number of amides is 2. The number of halogens is 2.